The molecule has 1 aromatic carbocycles. The molecule has 1 fully saturated rings. The van der Waals surface area contributed by atoms with Gasteiger partial charge in [-0.2, -0.15) is 5.10 Å². The number of rotatable bonds is 3. The molecule has 0 spiro atoms. The zero-order chi connectivity index (χ0) is 18.2. The molecule has 0 bridgehead atoms. The lowest BCUT2D eigenvalue weighted by atomic mass is 9.74. The van der Waals surface area contributed by atoms with Crippen molar-refractivity contribution in [1.29, 1.82) is 0 Å². The van der Waals surface area contributed by atoms with Gasteiger partial charge in [0.15, 0.2) is 11.6 Å². The molecule has 1 saturated carbocycles. The molecular formula is C18H17N3O4. The standard InChI is InChI=1S/C18H17N3O4/c1-18(2)8-15(22)14(16(23)9-18)7-12-10-19-20-17(12)11-4-3-5-13(6-11)21(24)25/h3-7,10H,8-9H2,1-2H3,(H,19,20). The van der Waals surface area contributed by atoms with E-state index in [1.165, 1.54) is 24.4 Å². The van der Waals surface area contributed by atoms with Crippen molar-refractivity contribution < 1.29 is 14.5 Å². The number of aromatic nitrogens is 2. The first kappa shape index (κ1) is 16.8. The second-order valence-electron chi connectivity index (χ2n) is 6.93. The normalized spacial score (nSPS) is 16.8. The van der Waals surface area contributed by atoms with Gasteiger partial charge in [0.1, 0.15) is 0 Å². The molecule has 2 aromatic rings. The van der Waals surface area contributed by atoms with Crippen LogP contribution in [0.25, 0.3) is 17.3 Å². The summed E-state index contributed by atoms with van der Waals surface area (Å²) in [5, 5.41) is 17.7. The fraction of sp³-hybridized carbons (Fsp3) is 0.278. The van der Waals surface area contributed by atoms with Crippen LogP contribution in [0.3, 0.4) is 0 Å². The predicted molar refractivity (Wildman–Crippen MR) is 91.7 cm³/mol. The SMILES string of the molecule is CC1(C)CC(=O)C(=Cc2cn[nH]c2-c2cccc([N+](=O)[O-])c2)C(=O)C1. The van der Waals surface area contributed by atoms with Gasteiger partial charge < -0.3 is 0 Å². The Balaban J connectivity index is 2.00. The number of carbonyl (C=O) groups is 2. The van der Waals surface area contributed by atoms with Gasteiger partial charge in [0.05, 0.1) is 22.4 Å². The van der Waals surface area contributed by atoms with Crippen LogP contribution in [0.1, 0.15) is 32.3 Å². The van der Waals surface area contributed by atoms with E-state index in [-0.39, 0.29) is 28.2 Å². The molecule has 1 N–H and O–H groups in total. The van der Waals surface area contributed by atoms with Crippen molar-refractivity contribution in [3.8, 4) is 11.3 Å². The summed E-state index contributed by atoms with van der Waals surface area (Å²) < 4.78 is 0. The smallest absolute Gasteiger partial charge is 0.270 e. The largest absolute Gasteiger partial charge is 0.294 e. The predicted octanol–water partition coefficient (Wildman–Crippen LogP) is 3.33. The Morgan fingerprint density at radius 1 is 1.24 bits per heavy atom. The average molecular weight is 339 g/mol. The Hall–Kier alpha value is -3.09. The zero-order valence-electron chi connectivity index (χ0n) is 13.9. The zero-order valence-corrected chi connectivity index (χ0v) is 13.9. The second kappa shape index (κ2) is 6.08. The molecule has 25 heavy (non-hydrogen) atoms. The molecular weight excluding hydrogens is 322 g/mol. The van der Waals surface area contributed by atoms with Crippen LogP contribution < -0.4 is 0 Å². The maximum absolute atomic E-state index is 12.3. The quantitative estimate of drug-likeness (QED) is 0.399. The summed E-state index contributed by atoms with van der Waals surface area (Å²) in [6.45, 7) is 3.79. The van der Waals surface area contributed by atoms with Crippen molar-refractivity contribution in [3.63, 3.8) is 0 Å². The molecule has 0 radical (unpaired) electrons. The first-order valence-corrected chi connectivity index (χ1v) is 7.83. The molecule has 3 rings (SSSR count). The fourth-order valence-electron chi connectivity index (χ4n) is 3.01. The van der Waals surface area contributed by atoms with E-state index < -0.39 is 4.92 Å². The van der Waals surface area contributed by atoms with Crippen molar-refractivity contribution in [1.82, 2.24) is 10.2 Å². The van der Waals surface area contributed by atoms with Crippen LogP contribution in [0, 0.1) is 15.5 Å². The molecule has 1 aliphatic carbocycles. The Morgan fingerprint density at radius 3 is 2.56 bits per heavy atom. The van der Waals surface area contributed by atoms with Gasteiger partial charge in [0.25, 0.3) is 5.69 Å². The van der Waals surface area contributed by atoms with Crippen molar-refractivity contribution in [2.24, 2.45) is 5.41 Å². The summed E-state index contributed by atoms with van der Waals surface area (Å²) in [5.41, 5.74) is 1.43. The highest BCUT2D eigenvalue weighted by atomic mass is 16.6. The number of benzene rings is 1. The van der Waals surface area contributed by atoms with Gasteiger partial charge in [-0.3, -0.25) is 24.8 Å². The Bertz CT molecular complexity index is 887. The lowest BCUT2D eigenvalue weighted by Gasteiger charge is -2.28. The lowest BCUT2D eigenvalue weighted by Crippen LogP contribution is -2.31. The summed E-state index contributed by atoms with van der Waals surface area (Å²) in [4.78, 5) is 35.1. The third kappa shape index (κ3) is 3.40. The van der Waals surface area contributed by atoms with Gasteiger partial charge in [-0.1, -0.05) is 26.0 Å². The molecule has 0 unspecified atom stereocenters. The molecule has 0 amide bonds. The number of carbonyl (C=O) groups excluding carboxylic acids is 2. The molecule has 1 aromatic heterocycles. The number of non-ortho nitro benzene ring substituents is 1. The van der Waals surface area contributed by atoms with Crippen LogP contribution in [0.5, 0.6) is 0 Å². The first-order valence-electron chi connectivity index (χ1n) is 7.83. The van der Waals surface area contributed by atoms with Gasteiger partial charge >= 0.3 is 0 Å². The number of nitrogens with zero attached hydrogens (tertiary/aromatic N) is 2. The fourth-order valence-corrected chi connectivity index (χ4v) is 3.01. The Labute approximate surface area is 143 Å². The summed E-state index contributed by atoms with van der Waals surface area (Å²) >= 11 is 0. The Kier molecular flexibility index (Phi) is 4.08. The first-order chi connectivity index (χ1) is 11.8. The van der Waals surface area contributed by atoms with Gasteiger partial charge in [0, 0.05) is 36.1 Å². The van der Waals surface area contributed by atoms with Crippen LogP contribution in [-0.4, -0.2) is 26.7 Å². The number of nitrogens with one attached hydrogen (secondary N) is 1. The number of Topliss-reactive ketones (excluding diaryl/α,β-unsaturated/α-hetero) is 2. The van der Waals surface area contributed by atoms with Crippen molar-refractivity contribution in [3.05, 3.63) is 51.7 Å². The van der Waals surface area contributed by atoms with E-state index in [1.807, 2.05) is 13.8 Å². The third-order valence-electron chi connectivity index (χ3n) is 4.19. The molecule has 7 nitrogen and oxygen atoms in total. The van der Waals surface area contributed by atoms with Crippen LogP contribution in [0.4, 0.5) is 5.69 Å². The van der Waals surface area contributed by atoms with E-state index in [0.29, 0.717) is 29.7 Å². The topological polar surface area (TPSA) is 106 Å². The number of H-pyrrole nitrogens is 1. The minimum absolute atomic E-state index is 0.0442. The van der Waals surface area contributed by atoms with E-state index in [9.17, 15) is 19.7 Å². The number of nitro groups is 1. The average Bonchev–Trinajstić information content (AvgIpc) is 2.98. The summed E-state index contributed by atoms with van der Waals surface area (Å²) in [6.07, 6.45) is 3.65. The van der Waals surface area contributed by atoms with E-state index in [0.717, 1.165) is 0 Å². The van der Waals surface area contributed by atoms with Crippen LogP contribution in [-0.2, 0) is 9.59 Å². The number of allylic oxidation sites excluding steroid dienone is 1. The number of aromatic amines is 1. The van der Waals surface area contributed by atoms with Gasteiger partial charge in [-0.05, 0) is 11.5 Å². The van der Waals surface area contributed by atoms with E-state index in [4.69, 9.17) is 0 Å². The molecule has 7 heteroatoms. The molecule has 128 valence electrons. The minimum atomic E-state index is -0.478. The number of hydrogen-bond donors (Lipinski definition) is 1. The van der Waals surface area contributed by atoms with Crippen molar-refractivity contribution in [2.75, 3.05) is 0 Å². The number of hydrogen-bond acceptors (Lipinski definition) is 5. The highest BCUT2D eigenvalue weighted by Crippen LogP contribution is 2.35. The minimum Gasteiger partial charge on any atom is -0.294 e. The molecule has 0 atom stereocenters. The summed E-state index contributed by atoms with van der Waals surface area (Å²) in [6, 6.07) is 6.10. The van der Waals surface area contributed by atoms with Crippen LogP contribution >= 0.6 is 0 Å². The highest BCUT2D eigenvalue weighted by Gasteiger charge is 2.35. The highest BCUT2D eigenvalue weighted by molar-refractivity contribution is 6.25. The lowest BCUT2D eigenvalue weighted by molar-refractivity contribution is -0.384. The van der Waals surface area contributed by atoms with Crippen molar-refractivity contribution >= 4 is 23.3 Å². The molecule has 1 heterocycles. The van der Waals surface area contributed by atoms with Crippen LogP contribution in [0.15, 0.2) is 36.0 Å². The Morgan fingerprint density at radius 2 is 1.92 bits per heavy atom. The monoisotopic (exact) mass is 339 g/mol. The molecule has 0 saturated heterocycles. The number of ketones is 2. The number of nitro benzene ring substituents is 1. The summed E-state index contributed by atoms with van der Waals surface area (Å²) in [7, 11) is 0. The summed E-state index contributed by atoms with van der Waals surface area (Å²) in [5.74, 6) is -0.375. The van der Waals surface area contributed by atoms with Gasteiger partial charge in [-0.15, -0.1) is 0 Å². The van der Waals surface area contributed by atoms with Crippen LogP contribution in [0.2, 0.25) is 0 Å². The van der Waals surface area contributed by atoms with Gasteiger partial charge in [0.2, 0.25) is 0 Å². The van der Waals surface area contributed by atoms with E-state index in [1.54, 1.807) is 12.1 Å². The molecule has 1 aliphatic rings. The third-order valence-corrected chi connectivity index (χ3v) is 4.19. The van der Waals surface area contributed by atoms with Gasteiger partial charge in [-0.25, -0.2) is 0 Å². The molecule has 0 aliphatic heterocycles. The van der Waals surface area contributed by atoms with Crippen molar-refractivity contribution in [2.45, 2.75) is 26.7 Å². The van der Waals surface area contributed by atoms with E-state index >= 15 is 0 Å². The second-order valence-corrected chi connectivity index (χ2v) is 6.93. The maximum Gasteiger partial charge on any atom is 0.270 e. The maximum atomic E-state index is 12.3. The van der Waals surface area contributed by atoms with E-state index in [2.05, 4.69) is 10.2 Å².